The minimum absolute atomic E-state index is 0.780. The predicted molar refractivity (Wildman–Crippen MR) is 57.1 cm³/mol. The monoisotopic (exact) mass is 200 g/mol. The van der Waals surface area contributed by atoms with Crippen LogP contribution >= 0.6 is 0 Å². The van der Waals surface area contributed by atoms with Gasteiger partial charge in [-0.3, -0.25) is 5.10 Å². The molecule has 0 fully saturated rings. The molecule has 15 heavy (non-hydrogen) atoms. The molecule has 1 aliphatic rings. The van der Waals surface area contributed by atoms with Crippen LogP contribution in [0.3, 0.4) is 0 Å². The summed E-state index contributed by atoms with van der Waals surface area (Å²) in [5.74, 6) is 1.63. The van der Waals surface area contributed by atoms with E-state index in [0.717, 1.165) is 30.3 Å². The number of hydrogen-bond acceptors (Lipinski definition) is 3. The third-order valence-electron chi connectivity index (χ3n) is 2.69. The Bertz CT molecular complexity index is 501. The van der Waals surface area contributed by atoms with E-state index in [1.165, 1.54) is 11.1 Å². The van der Waals surface area contributed by atoms with Gasteiger partial charge in [-0.15, -0.1) is 0 Å². The Hall–Kier alpha value is -1.68. The lowest BCUT2D eigenvalue weighted by Gasteiger charge is -1.99. The molecule has 0 saturated heterocycles. The van der Waals surface area contributed by atoms with Crippen LogP contribution in [0.15, 0.2) is 18.2 Å². The number of nitrogens with one attached hydrogen (secondary N) is 2. The molecule has 4 nitrogen and oxygen atoms in total. The molecular formula is C11H12N4. The van der Waals surface area contributed by atoms with Gasteiger partial charge in [-0.05, 0) is 24.1 Å². The number of aryl methyl sites for hydroxylation is 1. The Balaban J connectivity index is 2.06. The molecule has 0 aliphatic carbocycles. The first-order valence-corrected chi connectivity index (χ1v) is 5.05. The summed E-state index contributed by atoms with van der Waals surface area (Å²) in [6, 6.07) is 6.39. The molecule has 1 aromatic carbocycles. The molecular weight excluding hydrogens is 188 g/mol. The molecule has 1 aromatic heterocycles. The zero-order chi connectivity index (χ0) is 10.3. The fraction of sp³-hybridized carbons (Fsp3) is 0.273. The highest BCUT2D eigenvalue weighted by atomic mass is 15.2. The van der Waals surface area contributed by atoms with Crippen LogP contribution in [0.2, 0.25) is 0 Å². The van der Waals surface area contributed by atoms with Gasteiger partial charge in [0.25, 0.3) is 0 Å². The van der Waals surface area contributed by atoms with Crippen LogP contribution in [-0.2, 0) is 13.1 Å². The van der Waals surface area contributed by atoms with E-state index in [1.807, 2.05) is 6.92 Å². The van der Waals surface area contributed by atoms with E-state index >= 15 is 0 Å². The van der Waals surface area contributed by atoms with E-state index in [1.54, 1.807) is 0 Å². The summed E-state index contributed by atoms with van der Waals surface area (Å²) in [7, 11) is 0. The maximum Gasteiger partial charge on any atom is 0.181 e. The minimum Gasteiger partial charge on any atom is -0.309 e. The van der Waals surface area contributed by atoms with E-state index in [9.17, 15) is 0 Å². The molecule has 2 N–H and O–H groups in total. The second-order valence-corrected chi connectivity index (χ2v) is 3.83. The summed E-state index contributed by atoms with van der Waals surface area (Å²) in [6.07, 6.45) is 0. The highest BCUT2D eigenvalue weighted by molar-refractivity contribution is 5.57. The lowest BCUT2D eigenvalue weighted by Crippen LogP contribution is -1.99. The number of hydrogen-bond donors (Lipinski definition) is 2. The van der Waals surface area contributed by atoms with Gasteiger partial charge in [-0.25, -0.2) is 4.98 Å². The molecule has 0 amide bonds. The van der Waals surface area contributed by atoms with E-state index in [0.29, 0.717) is 0 Å². The van der Waals surface area contributed by atoms with Crippen molar-refractivity contribution in [1.82, 2.24) is 20.5 Å². The first-order chi connectivity index (χ1) is 7.33. The third kappa shape index (κ3) is 1.43. The fourth-order valence-corrected chi connectivity index (χ4v) is 1.91. The molecule has 0 spiro atoms. The number of benzene rings is 1. The van der Waals surface area contributed by atoms with Crippen molar-refractivity contribution in [3.63, 3.8) is 0 Å². The molecule has 2 aromatic rings. The molecule has 1 aliphatic heterocycles. The van der Waals surface area contributed by atoms with Gasteiger partial charge in [0.15, 0.2) is 5.82 Å². The maximum atomic E-state index is 4.32. The van der Waals surface area contributed by atoms with Gasteiger partial charge < -0.3 is 5.32 Å². The van der Waals surface area contributed by atoms with Gasteiger partial charge in [0, 0.05) is 18.7 Å². The van der Waals surface area contributed by atoms with E-state index in [2.05, 4.69) is 38.7 Å². The minimum atomic E-state index is 0.780. The number of aromatic nitrogens is 3. The highest BCUT2D eigenvalue weighted by Crippen LogP contribution is 2.22. The molecule has 2 heterocycles. The second kappa shape index (κ2) is 3.17. The summed E-state index contributed by atoms with van der Waals surface area (Å²) in [5, 5.41) is 10.3. The van der Waals surface area contributed by atoms with Crippen LogP contribution in [0.4, 0.5) is 0 Å². The third-order valence-corrected chi connectivity index (χ3v) is 2.69. The standard InChI is InChI=1S/C11H12N4/c1-7-13-11(15-14-7)8-2-3-9-5-12-6-10(9)4-8/h2-4,12H,5-6H2,1H3,(H,13,14,15). The summed E-state index contributed by atoms with van der Waals surface area (Å²) in [5.41, 5.74) is 3.82. The molecule has 0 unspecified atom stereocenters. The molecule has 76 valence electrons. The molecule has 0 saturated carbocycles. The topological polar surface area (TPSA) is 53.6 Å². The van der Waals surface area contributed by atoms with Gasteiger partial charge in [-0.2, -0.15) is 5.10 Å². The highest BCUT2D eigenvalue weighted by Gasteiger charge is 2.12. The Labute approximate surface area is 87.7 Å². The van der Waals surface area contributed by atoms with Crippen LogP contribution in [0.5, 0.6) is 0 Å². The molecule has 3 rings (SSSR count). The van der Waals surface area contributed by atoms with Crippen molar-refractivity contribution in [2.75, 3.05) is 0 Å². The smallest absolute Gasteiger partial charge is 0.181 e. The van der Waals surface area contributed by atoms with Crippen molar-refractivity contribution >= 4 is 0 Å². The Morgan fingerprint density at radius 3 is 2.87 bits per heavy atom. The average molecular weight is 200 g/mol. The van der Waals surface area contributed by atoms with Crippen LogP contribution in [0, 0.1) is 6.92 Å². The van der Waals surface area contributed by atoms with Crippen molar-refractivity contribution in [2.24, 2.45) is 0 Å². The SMILES string of the molecule is Cc1nc(-c2ccc3c(c2)CNC3)n[nH]1. The molecule has 0 bridgehead atoms. The number of H-pyrrole nitrogens is 1. The largest absolute Gasteiger partial charge is 0.309 e. The zero-order valence-corrected chi connectivity index (χ0v) is 8.54. The lowest BCUT2D eigenvalue weighted by molar-refractivity contribution is 0.765. The van der Waals surface area contributed by atoms with Gasteiger partial charge >= 0.3 is 0 Å². The quantitative estimate of drug-likeness (QED) is 0.731. The molecule has 0 atom stereocenters. The zero-order valence-electron chi connectivity index (χ0n) is 8.54. The summed E-state index contributed by atoms with van der Waals surface area (Å²) in [4.78, 5) is 4.32. The van der Waals surface area contributed by atoms with Crippen molar-refractivity contribution in [3.05, 3.63) is 35.2 Å². The number of nitrogens with zero attached hydrogens (tertiary/aromatic N) is 2. The Morgan fingerprint density at radius 1 is 1.20 bits per heavy atom. The fourth-order valence-electron chi connectivity index (χ4n) is 1.91. The Kier molecular flexibility index (Phi) is 1.82. The molecule has 0 radical (unpaired) electrons. The summed E-state index contributed by atoms with van der Waals surface area (Å²) in [6.45, 7) is 3.83. The number of rotatable bonds is 1. The number of fused-ring (bicyclic) bond motifs is 1. The second-order valence-electron chi connectivity index (χ2n) is 3.83. The maximum absolute atomic E-state index is 4.32. The van der Waals surface area contributed by atoms with Gasteiger partial charge in [0.1, 0.15) is 5.82 Å². The first kappa shape index (κ1) is 8.61. The van der Waals surface area contributed by atoms with Crippen LogP contribution < -0.4 is 5.32 Å². The van der Waals surface area contributed by atoms with E-state index < -0.39 is 0 Å². The average Bonchev–Trinajstić information content (AvgIpc) is 2.84. The predicted octanol–water partition coefficient (Wildman–Crippen LogP) is 1.38. The normalized spacial score (nSPS) is 14.2. The van der Waals surface area contributed by atoms with E-state index in [-0.39, 0.29) is 0 Å². The van der Waals surface area contributed by atoms with E-state index in [4.69, 9.17) is 0 Å². The first-order valence-electron chi connectivity index (χ1n) is 5.05. The van der Waals surface area contributed by atoms with Gasteiger partial charge in [0.2, 0.25) is 0 Å². The van der Waals surface area contributed by atoms with Gasteiger partial charge in [0.05, 0.1) is 0 Å². The molecule has 4 heteroatoms. The van der Waals surface area contributed by atoms with Crippen molar-refractivity contribution in [2.45, 2.75) is 20.0 Å². The van der Waals surface area contributed by atoms with Crippen molar-refractivity contribution in [3.8, 4) is 11.4 Å². The summed E-state index contributed by atoms with van der Waals surface area (Å²) < 4.78 is 0. The summed E-state index contributed by atoms with van der Waals surface area (Å²) >= 11 is 0. The van der Waals surface area contributed by atoms with Crippen LogP contribution in [0.25, 0.3) is 11.4 Å². The van der Waals surface area contributed by atoms with Crippen molar-refractivity contribution in [1.29, 1.82) is 0 Å². The number of aromatic amines is 1. The van der Waals surface area contributed by atoms with Crippen LogP contribution in [-0.4, -0.2) is 15.2 Å². The van der Waals surface area contributed by atoms with Gasteiger partial charge in [-0.1, -0.05) is 12.1 Å². The van der Waals surface area contributed by atoms with Crippen LogP contribution in [0.1, 0.15) is 17.0 Å². The Morgan fingerprint density at radius 2 is 2.07 bits per heavy atom. The lowest BCUT2D eigenvalue weighted by atomic mass is 10.1. The van der Waals surface area contributed by atoms with Crippen molar-refractivity contribution < 1.29 is 0 Å².